The molecule has 0 radical (unpaired) electrons. The molecule has 59 heavy (non-hydrogen) atoms. The third-order valence-electron chi connectivity index (χ3n) is 12.9. The fraction of sp³-hybridized carbons (Fsp3) is 0.774. The lowest BCUT2D eigenvalue weighted by atomic mass is 9.98. The van der Waals surface area contributed by atoms with Crippen LogP contribution in [0.15, 0.2) is 60.7 Å². The second-order valence-electron chi connectivity index (χ2n) is 19.2. The van der Waals surface area contributed by atoms with Gasteiger partial charge in [0.2, 0.25) is 0 Å². The standard InChI is InChI=1S/C53H94O5Si/c1-6-8-10-12-20-32-42-49(54)51(56)44-34-22-16-14-18-26-36-46(37-27-19-15-17-23-35-45-52(57)50(55)43-33-21-13-11-9-7-2)58-59(53(3,4)5,47-38-28-24-29-39-47)48-40-30-25-31-41-48/h24-25,28-31,38-41,46,49-52,54-57H,6-23,26-27,32-37,42-45H2,1-5H3. The van der Waals surface area contributed by atoms with Gasteiger partial charge in [-0.05, 0) is 53.9 Å². The van der Waals surface area contributed by atoms with E-state index < -0.39 is 32.7 Å². The Labute approximate surface area is 365 Å². The number of unbranched alkanes of at least 4 members (excludes halogenated alkanes) is 20. The second kappa shape index (κ2) is 33.1. The summed E-state index contributed by atoms with van der Waals surface area (Å²) in [6, 6.07) is 22.1. The molecule has 0 fully saturated rings. The average Bonchev–Trinajstić information content (AvgIpc) is 3.23. The molecule has 2 aromatic rings. The summed E-state index contributed by atoms with van der Waals surface area (Å²) < 4.78 is 7.70. The quantitative estimate of drug-likeness (QED) is 0.0399. The summed E-state index contributed by atoms with van der Waals surface area (Å²) in [5, 5.41) is 44.6. The first kappa shape index (κ1) is 53.6. The molecule has 4 unspecified atom stereocenters. The van der Waals surface area contributed by atoms with E-state index in [1.807, 2.05) is 0 Å². The molecule has 0 aliphatic heterocycles. The van der Waals surface area contributed by atoms with E-state index in [-0.39, 0.29) is 11.1 Å². The number of hydrogen-bond acceptors (Lipinski definition) is 5. The van der Waals surface area contributed by atoms with Gasteiger partial charge in [0.15, 0.2) is 0 Å². The Kier molecular flexibility index (Phi) is 30.0. The molecule has 340 valence electrons. The predicted octanol–water partition coefficient (Wildman–Crippen LogP) is 13.1. The Morgan fingerprint density at radius 1 is 0.390 bits per heavy atom. The fourth-order valence-electron chi connectivity index (χ4n) is 9.11. The van der Waals surface area contributed by atoms with Crippen LogP contribution in [0.4, 0.5) is 0 Å². The van der Waals surface area contributed by atoms with Crippen LogP contribution >= 0.6 is 0 Å². The van der Waals surface area contributed by atoms with Gasteiger partial charge in [-0.25, -0.2) is 0 Å². The van der Waals surface area contributed by atoms with Crippen molar-refractivity contribution in [2.24, 2.45) is 0 Å². The monoisotopic (exact) mass is 839 g/mol. The molecule has 0 amide bonds. The zero-order valence-electron chi connectivity index (χ0n) is 39.1. The van der Waals surface area contributed by atoms with Crippen LogP contribution in [0.2, 0.25) is 5.04 Å². The molecule has 4 N–H and O–H groups in total. The van der Waals surface area contributed by atoms with Crippen LogP contribution in [0.25, 0.3) is 0 Å². The maximum Gasteiger partial charge on any atom is 0.261 e. The average molecular weight is 839 g/mol. The van der Waals surface area contributed by atoms with E-state index in [0.29, 0.717) is 12.8 Å². The SMILES string of the molecule is CCCCCCCCC(O)C(O)CCCCCCCCC(CCCCCCCCC(O)C(O)CCCCCCCC)O[Si](c1ccccc1)(c1ccccc1)C(C)(C)C. The molecule has 6 heteroatoms. The van der Waals surface area contributed by atoms with Gasteiger partial charge in [-0.15, -0.1) is 0 Å². The van der Waals surface area contributed by atoms with Crippen molar-refractivity contribution in [3.63, 3.8) is 0 Å². The molecule has 0 aliphatic carbocycles. The highest BCUT2D eigenvalue weighted by molar-refractivity contribution is 6.99. The van der Waals surface area contributed by atoms with Crippen molar-refractivity contribution in [2.75, 3.05) is 0 Å². The Hall–Kier alpha value is -1.54. The van der Waals surface area contributed by atoms with Gasteiger partial charge in [-0.1, -0.05) is 249 Å². The minimum absolute atomic E-state index is 0.0481. The number of rotatable bonds is 38. The van der Waals surface area contributed by atoms with Crippen molar-refractivity contribution in [1.82, 2.24) is 0 Å². The van der Waals surface area contributed by atoms with Crippen molar-refractivity contribution in [3.05, 3.63) is 60.7 Å². The first-order valence-corrected chi connectivity index (χ1v) is 27.0. The summed E-state index contributed by atoms with van der Waals surface area (Å²) in [6.45, 7) is 11.6. The van der Waals surface area contributed by atoms with Gasteiger partial charge >= 0.3 is 0 Å². The summed E-state index contributed by atoms with van der Waals surface area (Å²) in [6.07, 6.45) is 31.0. The third kappa shape index (κ3) is 22.4. The van der Waals surface area contributed by atoms with Crippen LogP contribution in [0.1, 0.15) is 227 Å². The van der Waals surface area contributed by atoms with Gasteiger partial charge in [0.25, 0.3) is 8.32 Å². The van der Waals surface area contributed by atoms with E-state index in [2.05, 4.69) is 95.3 Å². The Morgan fingerprint density at radius 2 is 0.644 bits per heavy atom. The molecule has 0 aliphatic rings. The van der Waals surface area contributed by atoms with E-state index in [4.69, 9.17) is 4.43 Å². The lowest BCUT2D eigenvalue weighted by Crippen LogP contribution is -2.67. The molecule has 0 saturated carbocycles. The zero-order valence-corrected chi connectivity index (χ0v) is 40.1. The largest absolute Gasteiger partial charge is 0.404 e. The first-order valence-electron chi connectivity index (χ1n) is 25.1. The topological polar surface area (TPSA) is 90.2 Å². The Bertz CT molecular complexity index is 1140. The maximum atomic E-state index is 10.5. The number of aliphatic hydroxyl groups excluding tert-OH is 4. The fourth-order valence-corrected chi connectivity index (χ4v) is 13.9. The molecule has 0 heterocycles. The predicted molar refractivity (Wildman–Crippen MR) is 256 cm³/mol. The van der Waals surface area contributed by atoms with E-state index in [0.717, 1.165) is 89.9 Å². The van der Waals surface area contributed by atoms with Crippen LogP contribution in [0, 0.1) is 0 Å². The van der Waals surface area contributed by atoms with E-state index in [1.54, 1.807) is 0 Å². The molecular weight excluding hydrogens is 745 g/mol. The van der Waals surface area contributed by atoms with Crippen molar-refractivity contribution in [2.45, 2.75) is 263 Å². The van der Waals surface area contributed by atoms with Gasteiger partial charge in [0, 0.05) is 6.10 Å². The molecular formula is C53H94O5Si. The summed E-state index contributed by atoms with van der Waals surface area (Å²) in [5.41, 5.74) is 0. The van der Waals surface area contributed by atoms with Gasteiger partial charge < -0.3 is 24.9 Å². The maximum absolute atomic E-state index is 10.5. The molecule has 0 spiro atoms. The highest BCUT2D eigenvalue weighted by Crippen LogP contribution is 2.39. The number of aliphatic hydroxyl groups is 4. The van der Waals surface area contributed by atoms with Gasteiger partial charge in [-0.2, -0.15) is 0 Å². The lowest BCUT2D eigenvalue weighted by molar-refractivity contribution is 0.00711. The molecule has 5 nitrogen and oxygen atoms in total. The van der Waals surface area contributed by atoms with Gasteiger partial charge in [-0.3, -0.25) is 0 Å². The normalized spacial score (nSPS) is 14.9. The molecule has 2 rings (SSSR count). The minimum atomic E-state index is -2.65. The summed E-state index contributed by atoms with van der Waals surface area (Å²) >= 11 is 0. The van der Waals surface area contributed by atoms with Crippen LogP contribution in [-0.4, -0.2) is 59.3 Å². The second-order valence-corrected chi connectivity index (χ2v) is 23.4. The molecule has 0 saturated heterocycles. The van der Waals surface area contributed by atoms with Crippen LogP contribution in [0.3, 0.4) is 0 Å². The van der Waals surface area contributed by atoms with E-state index in [9.17, 15) is 20.4 Å². The van der Waals surface area contributed by atoms with E-state index >= 15 is 0 Å². The molecule has 4 atom stereocenters. The molecule has 2 aromatic carbocycles. The minimum Gasteiger partial charge on any atom is -0.404 e. The van der Waals surface area contributed by atoms with Gasteiger partial charge in [0.1, 0.15) is 0 Å². The number of hydrogen-bond donors (Lipinski definition) is 4. The summed E-state index contributed by atoms with van der Waals surface area (Å²) in [5.74, 6) is 0. The van der Waals surface area contributed by atoms with Crippen molar-refractivity contribution >= 4 is 18.7 Å². The zero-order chi connectivity index (χ0) is 43.0. The third-order valence-corrected chi connectivity index (χ3v) is 18.0. The van der Waals surface area contributed by atoms with Gasteiger partial charge in [0.05, 0.1) is 24.4 Å². The smallest absolute Gasteiger partial charge is 0.261 e. The lowest BCUT2D eigenvalue weighted by Gasteiger charge is -2.45. The van der Waals surface area contributed by atoms with E-state index in [1.165, 1.54) is 100 Å². The summed E-state index contributed by atoms with van der Waals surface area (Å²) in [7, 11) is -2.65. The van der Waals surface area contributed by atoms with Crippen LogP contribution in [0.5, 0.6) is 0 Å². The molecule has 0 aromatic heterocycles. The molecule has 0 bridgehead atoms. The Balaban J connectivity index is 1.88. The van der Waals surface area contributed by atoms with Crippen molar-refractivity contribution < 1.29 is 24.9 Å². The number of benzene rings is 2. The van der Waals surface area contributed by atoms with Crippen LogP contribution in [-0.2, 0) is 4.43 Å². The highest BCUT2D eigenvalue weighted by Gasteiger charge is 2.51. The van der Waals surface area contributed by atoms with Crippen molar-refractivity contribution in [1.29, 1.82) is 0 Å². The van der Waals surface area contributed by atoms with Crippen molar-refractivity contribution in [3.8, 4) is 0 Å². The summed E-state index contributed by atoms with van der Waals surface area (Å²) in [4.78, 5) is 0. The Morgan fingerprint density at radius 3 is 0.915 bits per heavy atom. The highest BCUT2D eigenvalue weighted by atomic mass is 28.4. The van der Waals surface area contributed by atoms with Crippen LogP contribution < -0.4 is 10.4 Å². The first-order chi connectivity index (χ1) is 28.6.